The molecule has 0 amide bonds. The van der Waals surface area contributed by atoms with Crippen molar-refractivity contribution in [1.82, 2.24) is 0 Å². The fourth-order valence-electron chi connectivity index (χ4n) is 1.07. The number of aliphatic hydroxyl groups excluding tert-OH is 1. The van der Waals surface area contributed by atoms with E-state index in [1.54, 1.807) is 18.3 Å². The molecule has 56 valence electrons. The highest BCUT2D eigenvalue weighted by atomic mass is 32.1. The second kappa shape index (κ2) is 2.72. The van der Waals surface area contributed by atoms with E-state index < -0.39 is 0 Å². The average Bonchev–Trinajstić information content (AvgIpc) is 2.10. The Hall–Kier alpha value is -0.340. The molecule has 1 rings (SSSR count). The molecular formula is C8H12OS. The van der Waals surface area contributed by atoms with E-state index in [2.05, 4.69) is 13.0 Å². The fourth-order valence-corrected chi connectivity index (χ4v) is 2.05. The molecule has 0 aliphatic carbocycles. The summed E-state index contributed by atoms with van der Waals surface area (Å²) in [5.41, 5.74) is 1.21. The zero-order valence-corrected chi connectivity index (χ0v) is 7.33. The number of aryl methyl sites for hydroxylation is 2. The minimum Gasteiger partial charge on any atom is -0.388 e. The van der Waals surface area contributed by atoms with Crippen LogP contribution in [-0.4, -0.2) is 5.11 Å². The van der Waals surface area contributed by atoms with Crippen molar-refractivity contribution < 1.29 is 5.11 Å². The van der Waals surface area contributed by atoms with Crippen LogP contribution >= 0.6 is 11.3 Å². The van der Waals surface area contributed by atoms with Gasteiger partial charge in [0.2, 0.25) is 0 Å². The molecule has 0 bridgehead atoms. The molecule has 0 radical (unpaired) electrons. The molecule has 1 atom stereocenters. The summed E-state index contributed by atoms with van der Waals surface area (Å²) >= 11 is 1.67. The van der Waals surface area contributed by atoms with Gasteiger partial charge in [0.15, 0.2) is 0 Å². The third-order valence-electron chi connectivity index (χ3n) is 1.46. The molecule has 1 N–H and O–H groups in total. The summed E-state index contributed by atoms with van der Waals surface area (Å²) in [6, 6.07) is 2.10. The number of hydrogen-bond acceptors (Lipinski definition) is 2. The summed E-state index contributed by atoms with van der Waals surface area (Å²) in [6.45, 7) is 5.90. The standard InChI is InChI=1S/C8H12OS/c1-5-4-6(2)10-8(5)7(3)9/h4,7,9H,1-3H3/t7-/m0/s1. The molecule has 1 heterocycles. The lowest BCUT2D eigenvalue weighted by Gasteiger charge is -1.99. The first-order valence-corrected chi connectivity index (χ1v) is 4.18. The van der Waals surface area contributed by atoms with Crippen LogP contribution < -0.4 is 0 Å². The first kappa shape index (κ1) is 7.76. The molecule has 0 saturated heterocycles. The van der Waals surface area contributed by atoms with Crippen molar-refractivity contribution in [3.8, 4) is 0 Å². The van der Waals surface area contributed by atoms with Gasteiger partial charge in [-0.2, -0.15) is 0 Å². The minimum atomic E-state index is -0.307. The minimum absolute atomic E-state index is 0.307. The summed E-state index contributed by atoms with van der Waals surface area (Å²) in [5, 5.41) is 9.23. The van der Waals surface area contributed by atoms with Gasteiger partial charge in [-0.05, 0) is 32.4 Å². The van der Waals surface area contributed by atoms with Crippen LogP contribution in [0, 0.1) is 13.8 Å². The van der Waals surface area contributed by atoms with Crippen molar-refractivity contribution in [3.05, 3.63) is 21.4 Å². The number of rotatable bonds is 1. The third kappa shape index (κ3) is 1.39. The maximum atomic E-state index is 9.23. The van der Waals surface area contributed by atoms with Gasteiger partial charge in [-0.25, -0.2) is 0 Å². The highest BCUT2D eigenvalue weighted by Gasteiger charge is 2.06. The van der Waals surface area contributed by atoms with Gasteiger partial charge in [0.25, 0.3) is 0 Å². The Balaban J connectivity index is 3.03. The molecular weight excluding hydrogens is 144 g/mol. The molecule has 0 aliphatic heterocycles. The molecule has 0 unspecified atom stereocenters. The van der Waals surface area contributed by atoms with E-state index >= 15 is 0 Å². The molecule has 1 nitrogen and oxygen atoms in total. The Morgan fingerprint density at radius 2 is 2.10 bits per heavy atom. The predicted octanol–water partition coefficient (Wildman–Crippen LogP) is 2.42. The monoisotopic (exact) mass is 156 g/mol. The van der Waals surface area contributed by atoms with Crippen LogP contribution in [0.15, 0.2) is 6.07 Å². The van der Waals surface area contributed by atoms with Crippen LogP contribution in [0.2, 0.25) is 0 Å². The molecule has 10 heavy (non-hydrogen) atoms. The van der Waals surface area contributed by atoms with Gasteiger partial charge in [0, 0.05) is 9.75 Å². The zero-order valence-electron chi connectivity index (χ0n) is 6.51. The quantitative estimate of drug-likeness (QED) is 0.662. The van der Waals surface area contributed by atoms with Gasteiger partial charge in [-0.1, -0.05) is 0 Å². The van der Waals surface area contributed by atoms with Crippen LogP contribution in [0.25, 0.3) is 0 Å². The Labute approximate surface area is 65.3 Å². The second-order valence-corrected chi connectivity index (χ2v) is 3.87. The van der Waals surface area contributed by atoms with E-state index in [0.717, 1.165) is 4.88 Å². The molecule has 1 aromatic rings. The largest absolute Gasteiger partial charge is 0.388 e. The Bertz CT molecular complexity index is 225. The van der Waals surface area contributed by atoms with E-state index in [-0.39, 0.29) is 6.10 Å². The van der Waals surface area contributed by atoms with Gasteiger partial charge in [-0.15, -0.1) is 11.3 Å². The lowest BCUT2D eigenvalue weighted by atomic mass is 10.2. The first-order chi connectivity index (χ1) is 4.61. The van der Waals surface area contributed by atoms with Gasteiger partial charge >= 0.3 is 0 Å². The van der Waals surface area contributed by atoms with Crippen LogP contribution in [0.5, 0.6) is 0 Å². The van der Waals surface area contributed by atoms with E-state index in [1.807, 2.05) is 6.92 Å². The van der Waals surface area contributed by atoms with Crippen molar-refractivity contribution >= 4 is 11.3 Å². The van der Waals surface area contributed by atoms with Crippen molar-refractivity contribution in [2.45, 2.75) is 26.9 Å². The fraction of sp³-hybridized carbons (Fsp3) is 0.500. The predicted molar refractivity (Wildman–Crippen MR) is 44.4 cm³/mol. The summed E-state index contributed by atoms with van der Waals surface area (Å²) in [4.78, 5) is 2.37. The molecule has 2 heteroatoms. The Morgan fingerprint density at radius 1 is 1.50 bits per heavy atom. The third-order valence-corrected chi connectivity index (χ3v) is 2.78. The number of thiophene rings is 1. The molecule has 0 aliphatic rings. The summed E-state index contributed by atoms with van der Waals surface area (Å²) < 4.78 is 0. The maximum absolute atomic E-state index is 9.23. The zero-order chi connectivity index (χ0) is 7.72. The van der Waals surface area contributed by atoms with Gasteiger partial charge in [0.05, 0.1) is 6.10 Å². The van der Waals surface area contributed by atoms with Crippen molar-refractivity contribution in [3.63, 3.8) is 0 Å². The first-order valence-electron chi connectivity index (χ1n) is 3.36. The highest BCUT2D eigenvalue weighted by molar-refractivity contribution is 7.12. The van der Waals surface area contributed by atoms with E-state index in [4.69, 9.17) is 0 Å². The SMILES string of the molecule is Cc1cc(C)c([C@H](C)O)s1. The lowest BCUT2D eigenvalue weighted by molar-refractivity contribution is 0.202. The number of hydrogen-bond donors (Lipinski definition) is 1. The molecule has 0 saturated carbocycles. The van der Waals surface area contributed by atoms with Gasteiger partial charge < -0.3 is 5.11 Å². The van der Waals surface area contributed by atoms with E-state index in [1.165, 1.54) is 10.4 Å². The van der Waals surface area contributed by atoms with Crippen LogP contribution in [0.4, 0.5) is 0 Å². The van der Waals surface area contributed by atoms with Crippen molar-refractivity contribution in [2.75, 3.05) is 0 Å². The summed E-state index contributed by atoms with van der Waals surface area (Å²) in [6.07, 6.45) is -0.307. The Morgan fingerprint density at radius 3 is 2.30 bits per heavy atom. The van der Waals surface area contributed by atoms with Gasteiger partial charge in [-0.3, -0.25) is 0 Å². The van der Waals surface area contributed by atoms with Crippen LogP contribution in [-0.2, 0) is 0 Å². The topological polar surface area (TPSA) is 20.2 Å². The summed E-state index contributed by atoms with van der Waals surface area (Å²) in [7, 11) is 0. The molecule has 0 aromatic carbocycles. The molecule has 1 aromatic heterocycles. The lowest BCUT2D eigenvalue weighted by Crippen LogP contribution is -1.87. The summed E-state index contributed by atoms with van der Waals surface area (Å²) in [5.74, 6) is 0. The smallest absolute Gasteiger partial charge is 0.0856 e. The van der Waals surface area contributed by atoms with E-state index in [0.29, 0.717) is 0 Å². The highest BCUT2D eigenvalue weighted by Crippen LogP contribution is 2.26. The van der Waals surface area contributed by atoms with Crippen molar-refractivity contribution in [2.24, 2.45) is 0 Å². The van der Waals surface area contributed by atoms with Crippen molar-refractivity contribution in [1.29, 1.82) is 0 Å². The van der Waals surface area contributed by atoms with Crippen LogP contribution in [0.1, 0.15) is 28.3 Å². The molecule has 0 fully saturated rings. The molecule has 0 spiro atoms. The Kier molecular flexibility index (Phi) is 2.11. The van der Waals surface area contributed by atoms with Crippen LogP contribution in [0.3, 0.4) is 0 Å². The second-order valence-electron chi connectivity index (χ2n) is 2.58. The van der Waals surface area contributed by atoms with Gasteiger partial charge in [0.1, 0.15) is 0 Å². The maximum Gasteiger partial charge on any atom is 0.0856 e. The average molecular weight is 156 g/mol. The number of aliphatic hydroxyl groups is 1. The van der Waals surface area contributed by atoms with E-state index in [9.17, 15) is 5.11 Å². The normalized spacial score (nSPS) is 13.6.